The summed E-state index contributed by atoms with van der Waals surface area (Å²) in [6.07, 6.45) is 5.36. The number of nitrogens with zero attached hydrogens (tertiary/aromatic N) is 8. The molecule has 2 aromatic carbocycles. The highest BCUT2D eigenvalue weighted by atomic mass is 35.5. The summed E-state index contributed by atoms with van der Waals surface area (Å²) in [5.41, 5.74) is 11.6. The topological polar surface area (TPSA) is 194 Å². The highest BCUT2D eigenvalue weighted by Gasteiger charge is 2.13. The third kappa shape index (κ3) is 8.49. The molecule has 0 bridgehead atoms. The first-order chi connectivity index (χ1) is 22.5. The number of anilines is 3. The van der Waals surface area contributed by atoms with Gasteiger partial charge in [-0.3, -0.25) is 0 Å². The minimum Gasteiger partial charge on any atom is -0.465 e. The van der Waals surface area contributed by atoms with E-state index in [9.17, 15) is 9.59 Å². The van der Waals surface area contributed by atoms with E-state index in [4.69, 9.17) is 45.3 Å². The van der Waals surface area contributed by atoms with Gasteiger partial charge in [-0.15, -0.1) is 0 Å². The van der Waals surface area contributed by atoms with Crippen LogP contribution in [-0.2, 0) is 9.47 Å². The monoisotopic (exact) mass is 694 g/mol. The molecule has 3 N–H and O–H groups in total. The van der Waals surface area contributed by atoms with Gasteiger partial charge in [0.05, 0.1) is 25.3 Å². The molecule has 0 amide bonds. The van der Waals surface area contributed by atoms with Crippen molar-refractivity contribution in [3.05, 3.63) is 99.4 Å². The standard InChI is InChI=1S/C15H12ClN5O2.C9H11NO2.C6H2Cl2N4/c1-8-3-4-9(15(22)23-2)5-10(8)21-14-12-11(17-7-20-14)13(16)19-6-18-12;1-6-3-4-7(5-8(6)10)9(11)12-2;7-5-4-3(9-1-11-5)6(8)12-2-10-4/h3-7H,1-2H3,(H,17,20,21);3-5H,10H2,1-2H3;1-2H. The molecule has 14 nitrogen and oxygen atoms in total. The van der Waals surface area contributed by atoms with Crippen LogP contribution in [0.2, 0.25) is 15.5 Å². The molecule has 0 aliphatic carbocycles. The average Bonchev–Trinajstić information content (AvgIpc) is 3.08. The number of nitrogen functional groups attached to an aromatic ring is 1. The first-order valence-corrected chi connectivity index (χ1v) is 14.5. The van der Waals surface area contributed by atoms with Crippen LogP contribution < -0.4 is 11.1 Å². The number of methoxy groups -OCH3 is 2. The molecule has 0 spiro atoms. The van der Waals surface area contributed by atoms with Crippen LogP contribution in [-0.4, -0.2) is 66.0 Å². The van der Waals surface area contributed by atoms with E-state index < -0.39 is 5.97 Å². The third-order valence-corrected chi connectivity index (χ3v) is 7.15. The number of ether oxygens (including phenoxy) is 2. The zero-order chi connectivity index (χ0) is 34.1. The molecule has 0 saturated carbocycles. The van der Waals surface area contributed by atoms with Gasteiger partial charge in [0, 0.05) is 11.4 Å². The first-order valence-electron chi connectivity index (χ1n) is 13.3. The van der Waals surface area contributed by atoms with E-state index in [0.29, 0.717) is 50.4 Å². The minimum atomic E-state index is -0.411. The van der Waals surface area contributed by atoms with Gasteiger partial charge in [0.2, 0.25) is 0 Å². The maximum Gasteiger partial charge on any atom is 0.337 e. The Kier molecular flexibility index (Phi) is 11.6. The van der Waals surface area contributed by atoms with Crippen molar-refractivity contribution in [1.29, 1.82) is 0 Å². The lowest BCUT2D eigenvalue weighted by molar-refractivity contribution is 0.0592. The molecule has 240 valence electrons. The Balaban J connectivity index is 0.000000176. The van der Waals surface area contributed by atoms with Crippen LogP contribution in [0.3, 0.4) is 0 Å². The molecule has 6 rings (SSSR count). The minimum absolute atomic E-state index is 0.250. The zero-order valence-corrected chi connectivity index (χ0v) is 27.5. The van der Waals surface area contributed by atoms with Gasteiger partial charge in [0.25, 0.3) is 0 Å². The number of benzene rings is 2. The van der Waals surface area contributed by atoms with Gasteiger partial charge in [-0.25, -0.2) is 49.5 Å². The fourth-order valence-corrected chi connectivity index (χ4v) is 4.32. The quantitative estimate of drug-likeness (QED) is 0.124. The Labute approximate surface area is 282 Å². The second-order valence-corrected chi connectivity index (χ2v) is 10.4. The third-order valence-electron chi connectivity index (χ3n) is 6.32. The number of nitrogens with two attached hydrogens (primary N) is 1. The average molecular weight is 696 g/mol. The molecule has 0 aliphatic heterocycles. The summed E-state index contributed by atoms with van der Waals surface area (Å²) in [5.74, 6) is -0.294. The van der Waals surface area contributed by atoms with Gasteiger partial charge < -0.3 is 20.5 Å². The SMILES string of the molecule is COC(=O)c1ccc(C)c(N)c1.COC(=O)c1ccc(C)c(Nc2ncnc3c(Cl)ncnc23)c1.Clc1ncnc2c(Cl)ncnc12. The molecule has 0 radical (unpaired) electrons. The maximum atomic E-state index is 11.7. The Hall–Kier alpha value is -5.31. The van der Waals surface area contributed by atoms with Crippen molar-refractivity contribution < 1.29 is 19.1 Å². The second kappa shape index (κ2) is 15.8. The predicted molar refractivity (Wildman–Crippen MR) is 178 cm³/mol. The summed E-state index contributed by atoms with van der Waals surface area (Å²) < 4.78 is 9.27. The number of carbonyl (C=O) groups excluding carboxylic acids is 2. The number of halogens is 3. The Morgan fingerprint density at radius 1 is 0.617 bits per heavy atom. The number of nitrogens with one attached hydrogen (secondary N) is 1. The highest BCUT2D eigenvalue weighted by Crippen LogP contribution is 2.27. The number of esters is 2. The number of aromatic nitrogens is 8. The van der Waals surface area contributed by atoms with Gasteiger partial charge in [-0.05, 0) is 49.2 Å². The fraction of sp³-hybridized carbons (Fsp3) is 0.133. The summed E-state index contributed by atoms with van der Waals surface area (Å²) in [5, 5.41) is 3.97. The van der Waals surface area contributed by atoms with Crippen LogP contribution in [0.1, 0.15) is 31.8 Å². The number of fused-ring (bicyclic) bond motifs is 2. The molecule has 4 aromatic heterocycles. The van der Waals surface area contributed by atoms with Crippen molar-refractivity contribution in [3.8, 4) is 0 Å². The van der Waals surface area contributed by atoms with Crippen molar-refractivity contribution >= 4 is 86.0 Å². The molecule has 0 unspecified atom stereocenters. The smallest absolute Gasteiger partial charge is 0.337 e. The molecule has 4 heterocycles. The van der Waals surface area contributed by atoms with Crippen LogP contribution in [0.25, 0.3) is 22.1 Å². The largest absolute Gasteiger partial charge is 0.465 e. The second-order valence-electron chi connectivity index (χ2n) is 9.32. The zero-order valence-electron chi connectivity index (χ0n) is 25.2. The van der Waals surface area contributed by atoms with Gasteiger partial charge in [-0.1, -0.05) is 46.9 Å². The van der Waals surface area contributed by atoms with Crippen molar-refractivity contribution in [2.75, 3.05) is 25.3 Å². The Bertz CT molecular complexity index is 2040. The molecular weight excluding hydrogens is 671 g/mol. The molecule has 0 atom stereocenters. The first kappa shape index (κ1) is 34.6. The predicted octanol–water partition coefficient (Wildman–Crippen LogP) is 6.00. The lowest BCUT2D eigenvalue weighted by Gasteiger charge is -2.11. The maximum absolute atomic E-state index is 11.7. The molecule has 6 aromatic rings. The molecule has 17 heteroatoms. The highest BCUT2D eigenvalue weighted by molar-refractivity contribution is 6.37. The molecule has 0 aliphatic rings. The van der Waals surface area contributed by atoms with Crippen molar-refractivity contribution in [1.82, 2.24) is 39.9 Å². The van der Waals surface area contributed by atoms with E-state index >= 15 is 0 Å². The van der Waals surface area contributed by atoms with Gasteiger partial charge in [-0.2, -0.15) is 0 Å². The van der Waals surface area contributed by atoms with Crippen LogP contribution >= 0.6 is 34.8 Å². The summed E-state index contributed by atoms with van der Waals surface area (Å²) in [4.78, 5) is 54.3. The van der Waals surface area contributed by atoms with Gasteiger partial charge in [0.1, 0.15) is 47.4 Å². The van der Waals surface area contributed by atoms with Crippen molar-refractivity contribution in [2.45, 2.75) is 13.8 Å². The van der Waals surface area contributed by atoms with Gasteiger partial charge in [0.15, 0.2) is 21.3 Å². The Morgan fingerprint density at radius 3 is 1.53 bits per heavy atom. The van der Waals surface area contributed by atoms with E-state index in [0.717, 1.165) is 11.1 Å². The lowest BCUT2D eigenvalue weighted by atomic mass is 10.1. The number of carbonyl (C=O) groups is 2. The summed E-state index contributed by atoms with van der Waals surface area (Å²) in [6, 6.07) is 10.3. The fourth-order valence-electron chi connectivity index (χ4n) is 3.78. The lowest BCUT2D eigenvalue weighted by Crippen LogP contribution is -2.04. The molecule has 0 saturated heterocycles. The molecular formula is C30H25Cl3N10O4. The number of rotatable bonds is 4. The van der Waals surface area contributed by atoms with E-state index in [1.54, 1.807) is 30.3 Å². The van der Waals surface area contributed by atoms with Crippen LogP contribution in [0.5, 0.6) is 0 Å². The summed E-state index contributed by atoms with van der Waals surface area (Å²) in [7, 11) is 2.69. The number of hydrogen-bond acceptors (Lipinski definition) is 14. The van der Waals surface area contributed by atoms with E-state index in [2.05, 4.69) is 49.9 Å². The van der Waals surface area contributed by atoms with Crippen LogP contribution in [0, 0.1) is 13.8 Å². The van der Waals surface area contributed by atoms with E-state index in [1.165, 1.54) is 39.5 Å². The summed E-state index contributed by atoms with van der Waals surface area (Å²) >= 11 is 17.5. The van der Waals surface area contributed by atoms with E-state index in [-0.39, 0.29) is 21.4 Å². The number of aryl methyl sites for hydroxylation is 2. The van der Waals surface area contributed by atoms with Crippen LogP contribution in [0.4, 0.5) is 17.2 Å². The normalized spacial score (nSPS) is 10.3. The Morgan fingerprint density at radius 2 is 1.04 bits per heavy atom. The summed E-state index contributed by atoms with van der Waals surface area (Å²) in [6.45, 7) is 3.80. The molecule has 0 fully saturated rings. The van der Waals surface area contributed by atoms with Crippen LogP contribution in [0.15, 0.2) is 61.7 Å². The van der Waals surface area contributed by atoms with E-state index in [1.807, 2.05) is 19.9 Å². The van der Waals surface area contributed by atoms with Gasteiger partial charge >= 0.3 is 11.9 Å². The molecule has 47 heavy (non-hydrogen) atoms. The van der Waals surface area contributed by atoms with Crippen molar-refractivity contribution in [3.63, 3.8) is 0 Å². The van der Waals surface area contributed by atoms with Crippen molar-refractivity contribution in [2.24, 2.45) is 0 Å². The number of hydrogen-bond donors (Lipinski definition) is 2.